The molecule has 0 aromatic heterocycles. The number of hydrogen-bond donors (Lipinski definition) is 3. The van der Waals surface area contributed by atoms with Gasteiger partial charge in [-0.1, -0.05) is 24.6 Å². The third-order valence-electron chi connectivity index (χ3n) is 10.5. The Bertz CT molecular complexity index is 1580. The zero-order valence-electron chi connectivity index (χ0n) is 26.0. The molecule has 3 aliphatic carbocycles. The van der Waals surface area contributed by atoms with Crippen molar-refractivity contribution in [3.8, 4) is 16.9 Å². The lowest BCUT2D eigenvalue weighted by atomic mass is 9.74. The highest BCUT2D eigenvalue weighted by Gasteiger charge is 2.55. The van der Waals surface area contributed by atoms with E-state index in [2.05, 4.69) is 15.4 Å². The first kappa shape index (κ1) is 31.9. The van der Waals surface area contributed by atoms with Gasteiger partial charge in [-0.3, -0.25) is 14.3 Å². The van der Waals surface area contributed by atoms with Crippen LogP contribution in [0.15, 0.2) is 36.4 Å². The van der Waals surface area contributed by atoms with Crippen molar-refractivity contribution in [3.05, 3.63) is 53.3 Å². The first-order chi connectivity index (χ1) is 21.4. The quantitative estimate of drug-likeness (QED) is 0.321. The maximum atomic E-state index is 15.6. The first-order valence-electron chi connectivity index (χ1n) is 16.3. The van der Waals surface area contributed by atoms with Gasteiger partial charge in [-0.15, -0.1) is 0 Å². The van der Waals surface area contributed by atoms with Gasteiger partial charge in [0, 0.05) is 36.5 Å². The zero-order valence-corrected chi connectivity index (χ0v) is 26.8. The van der Waals surface area contributed by atoms with Gasteiger partial charge in [0.1, 0.15) is 17.7 Å². The minimum Gasteiger partial charge on any atom is -0.490 e. The van der Waals surface area contributed by atoms with Crippen LogP contribution in [0.2, 0.25) is 0 Å². The molecule has 2 aromatic carbocycles. The summed E-state index contributed by atoms with van der Waals surface area (Å²) in [5, 5.41) is 6.18. The van der Waals surface area contributed by atoms with Crippen LogP contribution >= 0.6 is 0 Å². The molecule has 4 aliphatic rings. The zero-order chi connectivity index (χ0) is 32.0. The summed E-state index contributed by atoms with van der Waals surface area (Å²) in [5.41, 5.74) is 0.376. The van der Waals surface area contributed by atoms with E-state index in [0.717, 1.165) is 38.5 Å². The molecule has 4 fully saturated rings. The molecule has 1 aliphatic heterocycles. The molecule has 4 atom stereocenters. The van der Waals surface area contributed by atoms with Gasteiger partial charge in [-0.05, 0) is 99.6 Å². The monoisotopic (exact) mass is 643 g/mol. The second kappa shape index (κ2) is 12.3. The highest BCUT2D eigenvalue weighted by Crippen LogP contribution is 2.46. The number of rotatable bonds is 10. The summed E-state index contributed by atoms with van der Waals surface area (Å²) >= 11 is 0. The van der Waals surface area contributed by atoms with Gasteiger partial charge in [0.25, 0.3) is 5.91 Å². The first-order valence-corrected chi connectivity index (χ1v) is 17.9. The predicted molar refractivity (Wildman–Crippen MR) is 168 cm³/mol. The Hall–Kier alpha value is -3.05. The summed E-state index contributed by atoms with van der Waals surface area (Å²) in [4.78, 5) is 25.9. The van der Waals surface area contributed by atoms with Crippen molar-refractivity contribution >= 4 is 21.8 Å². The highest BCUT2D eigenvalue weighted by molar-refractivity contribution is 7.90. The predicted octanol–water partition coefficient (Wildman–Crippen LogP) is 5.37. The molecule has 1 spiro atoms. The molecule has 3 saturated carbocycles. The van der Waals surface area contributed by atoms with Gasteiger partial charge in [-0.25, -0.2) is 17.2 Å². The molecule has 2 aromatic rings. The molecule has 2 amide bonds. The van der Waals surface area contributed by atoms with Crippen LogP contribution in [0.5, 0.6) is 5.75 Å². The van der Waals surface area contributed by atoms with Gasteiger partial charge in [0.2, 0.25) is 21.6 Å². The smallest absolute Gasteiger partial charge is 0.259 e. The molecule has 45 heavy (non-hydrogen) atoms. The third-order valence-corrected chi connectivity index (χ3v) is 11.8. The van der Waals surface area contributed by atoms with Crippen LogP contribution in [0.3, 0.4) is 0 Å². The van der Waals surface area contributed by atoms with Crippen molar-refractivity contribution in [2.45, 2.75) is 113 Å². The summed E-state index contributed by atoms with van der Waals surface area (Å²) in [6.07, 6.45) is 7.42. The number of carbonyl (C=O) groups is 2. The molecule has 11 heteroatoms. The van der Waals surface area contributed by atoms with Crippen LogP contribution in [0.4, 0.5) is 8.78 Å². The highest BCUT2D eigenvalue weighted by atomic mass is 32.2. The van der Waals surface area contributed by atoms with Gasteiger partial charge in [-0.2, -0.15) is 0 Å². The minimum atomic E-state index is -3.74. The lowest BCUT2D eigenvalue weighted by molar-refractivity contribution is -0.133. The van der Waals surface area contributed by atoms with Crippen molar-refractivity contribution < 1.29 is 31.5 Å². The molecule has 0 bridgehead atoms. The van der Waals surface area contributed by atoms with Crippen LogP contribution in [0.1, 0.15) is 101 Å². The number of halogens is 2. The number of benzene rings is 2. The van der Waals surface area contributed by atoms with Crippen LogP contribution in [0, 0.1) is 5.82 Å². The largest absolute Gasteiger partial charge is 0.490 e. The van der Waals surface area contributed by atoms with Gasteiger partial charge in [0.05, 0.1) is 11.7 Å². The molecule has 1 heterocycles. The maximum absolute atomic E-state index is 15.6. The van der Waals surface area contributed by atoms with E-state index in [1.165, 1.54) is 13.0 Å². The number of sulfonamides is 1. The van der Waals surface area contributed by atoms with Crippen LogP contribution in [-0.4, -0.2) is 55.9 Å². The molecular formula is C34H43F2N3O5S. The summed E-state index contributed by atoms with van der Waals surface area (Å²) < 4.78 is 63.7. The maximum Gasteiger partial charge on any atom is 0.259 e. The van der Waals surface area contributed by atoms with Gasteiger partial charge in [0.15, 0.2) is 0 Å². The molecule has 8 nitrogen and oxygen atoms in total. The fraction of sp³-hybridized carbons (Fsp3) is 0.588. The third kappa shape index (κ3) is 6.48. The Morgan fingerprint density at radius 1 is 1.09 bits per heavy atom. The van der Waals surface area contributed by atoms with Crippen LogP contribution < -0.4 is 20.1 Å². The number of carbonyl (C=O) groups excluding carboxylic acids is 2. The van der Waals surface area contributed by atoms with Crippen molar-refractivity contribution in [2.75, 3.05) is 12.3 Å². The number of alkyl halides is 1. The Morgan fingerprint density at radius 3 is 2.51 bits per heavy atom. The van der Waals surface area contributed by atoms with E-state index >= 15 is 8.78 Å². The Kier molecular flexibility index (Phi) is 8.71. The molecule has 244 valence electrons. The van der Waals surface area contributed by atoms with Gasteiger partial charge < -0.3 is 15.4 Å². The average molecular weight is 644 g/mol. The van der Waals surface area contributed by atoms with Gasteiger partial charge >= 0.3 is 0 Å². The second-order valence-corrected chi connectivity index (χ2v) is 15.5. The number of ether oxygens (including phenoxy) is 1. The molecule has 0 radical (unpaired) electrons. The van der Waals surface area contributed by atoms with E-state index in [4.69, 9.17) is 4.74 Å². The lowest BCUT2D eigenvalue weighted by Gasteiger charge is -2.38. The van der Waals surface area contributed by atoms with Crippen molar-refractivity contribution in [1.29, 1.82) is 0 Å². The second-order valence-electron chi connectivity index (χ2n) is 13.5. The summed E-state index contributed by atoms with van der Waals surface area (Å²) in [6.45, 7) is 3.13. The Balaban J connectivity index is 1.22. The molecule has 3 N–H and O–H groups in total. The summed E-state index contributed by atoms with van der Waals surface area (Å²) in [5.74, 6) is -1.90. The fourth-order valence-electron chi connectivity index (χ4n) is 7.26. The molecule has 1 saturated heterocycles. The number of amides is 2. The fourth-order valence-corrected chi connectivity index (χ4v) is 7.89. The van der Waals surface area contributed by atoms with E-state index in [-0.39, 0.29) is 48.1 Å². The van der Waals surface area contributed by atoms with Crippen molar-refractivity contribution in [1.82, 2.24) is 15.4 Å². The Morgan fingerprint density at radius 2 is 1.87 bits per heavy atom. The van der Waals surface area contributed by atoms with E-state index < -0.39 is 33.4 Å². The summed E-state index contributed by atoms with van der Waals surface area (Å²) in [7, 11) is -3.74. The van der Waals surface area contributed by atoms with E-state index in [1.54, 1.807) is 31.2 Å². The summed E-state index contributed by atoms with van der Waals surface area (Å²) in [6, 6.07) is 10.0. The van der Waals surface area contributed by atoms with Crippen molar-refractivity contribution in [2.24, 2.45) is 0 Å². The molecule has 0 unspecified atom stereocenters. The molecule has 6 rings (SSSR count). The number of nitrogens with one attached hydrogen (secondary N) is 3. The van der Waals surface area contributed by atoms with E-state index in [9.17, 15) is 18.0 Å². The normalized spacial score (nSPS) is 26.6. The topological polar surface area (TPSA) is 114 Å². The average Bonchev–Trinajstić information content (AvgIpc) is 3.57. The van der Waals surface area contributed by atoms with Crippen LogP contribution in [0.25, 0.3) is 11.1 Å². The molecular weight excluding hydrogens is 600 g/mol. The van der Waals surface area contributed by atoms with E-state index in [1.807, 2.05) is 6.07 Å². The SMILES string of the molecule is CCS(=O)(=O)NC(=O)[C@@H](C)c1ccc(O[C@@H]2CC[C@@H](NC(=O)[C@@]3(F)CNC4(CCC4)C3)C2)c(-c2cccc(F)c2C2CCC2)c1. The van der Waals surface area contributed by atoms with E-state index in [0.29, 0.717) is 47.3 Å². The van der Waals surface area contributed by atoms with Crippen molar-refractivity contribution in [3.63, 3.8) is 0 Å². The Labute approximate surface area is 264 Å². The number of hydrogen-bond acceptors (Lipinski definition) is 6. The minimum absolute atomic E-state index is 0.0406. The van der Waals surface area contributed by atoms with Crippen LogP contribution in [-0.2, 0) is 19.6 Å². The standard InChI is InChI=1S/C34H43F2N3O5S/c1-3-45(42,43)39-31(40)21(2)23-11-14-29(27(17-23)26-9-5-10-28(35)30(26)22-7-4-8-22)44-25-13-12-24(18-25)38-32(41)34(36)19-33(37-20-34)15-6-16-33/h5,9-11,14,17,21-22,24-25,37H,3-4,6-8,12-13,15-16,18-20H2,1-2H3,(H,38,41)(H,39,40)/t21-,24+,25+,34-/m0/s1. The lowest BCUT2D eigenvalue weighted by Crippen LogP contribution is -2.49.